The molecule has 2 amide bonds. The second kappa shape index (κ2) is 8.59. The number of aromatic nitrogens is 2. The zero-order valence-corrected chi connectivity index (χ0v) is 17.2. The summed E-state index contributed by atoms with van der Waals surface area (Å²) in [5.41, 5.74) is 2.48. The molecule has 3 aromatic rings. The molecule has 0 radical (unpaired) electrons. The Morgan fingerprint density at radius 3 is 2.23 bits per heavy atom. The van der Waals surface area contributed by atoms with Gasteiger partial charge in [0.25, 0.3) is 11.8 Å². The van der Waals surface area contributed by atoms with Gasteiger partial charge in [-0.05, 0) is 42.5 Å². The summed E-state index contributed by atoms with van der Waals surface area (Å²) in [6.45, 7) is 1.81. The lowest BCUT2D eigenvalue weighted by atomic mass is 10.1. The molecule has 4 rings (SSSR count). The Labute approximate surface area is 179 Å². The van der Waals surface area contributed by atoms with Gasteiger partial charge in [-0.1, -0.05) is 23.7 Å². The third-order valence-electron chi connectivity index (χ3n) is 5.15. The van der Waals surface area contributed by atoms with E-state index >= 15 is 0 Å². The van der Waals surface area contributed by atoms with Gasteiger partial charge in [-0.25, -0.2) is 0 Å². The third kappa shape index (κ3) is 4.02. The maximum Gasteiger partial charge on any atom is 0.272 e. The standard InChI is InChI=1S/C22H21ClN4O3/c1-30-16-8-6-15(7-9-16)19-14-20(25-24-19)22(29)27-12-10-26(11-13-27)21(28)17-4-2-3-5-18(17)23/h2-9,14H,10-13H2,1H3,(H,24,25). The fraction of sp³-hybridized carbons (Fsp3) is 0.227. The van der Waals surface area contributed by atoms with E-state index in [0.717, 1.165) is 11.3 Å². The van der Waals surface area contributed by atoms with Crippen molar-refractivity contribution in [1.82, 2.24) is 20.0 Å². The van der Waals surface area contributed by atoms with Crippen LogP contribution in [0.4, 0.5) is 0 Å². The van der Waals surface area contributed by atoms with Crippen LogP contribution < -0.4 is 4.74 Å². The van der Waals surface area contributed by atoms with E-state index in [0.29, 0.717) is 48.2 Å². The van der Waals surface area contributed by atoms with Crippen LogP contribution in [0, 0.1) is 0 Å². The van der Waals surface area contributed by atoms with Crippen LogP contribution in [-0.2, 0) is 0 Å². The molecule has 0 spiro atoms. The molecule has 2 heterocycles. The molecule has 1 fully saturated rings. The Hall–Kier alpha value is -3.32. The van der Waals surface area contributed by atoms with Crippen LogP contribution in [0.1, 0.15) is 20.8 Å². The Kier molecular flexibility index (Phi) is 5.72. The van der Waals surface area contributed by atoms with Gasteiger partial charge in [0.2, 0.25) is 0 Å². The van der Waals surface area contributed by atoms with Gasteiger partial charge in [0.1, 0.15) is 11.4 Å². The molecule has 0 aliphatic carbocycles. The molecule has 7 nitrogen and oxygen atoms in total. The molecule has 0 bridgehead atoms. The van der Waals surface area contributed by atoms with Crippen molar-refractivity contribution < 1.29 is 14.3 Å². The van der Waals surface area contributed by atoms with Crippen molar-refractivity contribution in [3.63, 3.8) is 0 Å². The zero-order valence-electron chi connectivity index (χ0n) is 16.5. The molecule has 0 saturated carbocycles. The summed E-state index contributed by atoms with van der Waals surface area (Å²) in [6, 6.07) is 16.2. The van der Waals surface area contributed by atoms with E-state index in [2.05, 4.69) is 10.2 Å². The molecule has 1 aliphatic heterocycles. The normalized spacial score (nSPS) is 13.9. The number of benzene rings is 2. The SMILES string of the molecule is COc1ccc(-c2cc(C(=O)N3CCN(C(=O)c4ccccc4Cl)CC3)[nH]n2)cc1. The molecule has 0 unspecified atom stereocenters. The lowest BCUT2D eigenvalue weighted by molar-refractivity contribution is 0.0532. The molecule has 1 aliphatic rings. The van der Waals surface area contributed by atoms with E-state index in [1.165, 1.54) is 0 Å². The van der Waals surface area contributed by atoms with E-state index in [9.17, 15) is 9.59 Å². The summed E-state index contributed by atoms with van der Waals surface area (Å²) in [4.78, 5) is 29.0. The predicted molar refractivity (Wildman–Crippen MR) is 114 cm³/mol. The highest BCUT2D eigenvalue weighted by molar-refractivity contribution is 6.33. The summed E-state index contributed by atoms with van der Waals surface area (Å²) in [7, 11) is 1.61. The van der Waals surface area contributed by atoms with Crippen LogP contribution in [0.3, 0.4) is 0 Å². The van der Waals surface area contributed by atoms with Gasteiger partial charge in [-0.2, -0.15) is 5.10 Å². The Bertz CT molecular complexity index is 1060. The molecule has 1 N–H and O–H groups in total. The number of nitrogens with zero attached hydrogens (tertiary/aromatic N) is 3. The Balaban J connectivity index is 1.39. The first kappa shape index (κ1) is 20.0. The maximum absolute atomic E-state index is 12.9. The first-order chi connectivity index (χ1) is 14.6. The first-order valence-corrected chi connectivity index (χ1v) is 9.97. The molecule has 8 heteroatoms. The van der Waals surface area contributed by atoms with Crippen molar-refractivity contribution >= 4 is 23.4 Å². The van der Waals surface area contributed by atoms with Crippen LogP contribution in [0.25, 0.3) is 11.3 Å². The number of amides is 2. The van der Waals surface area contributed by atoms with Crippen LogP contribution in [0.2, 0.25) is 5.02 Å². The topological polar surface area (TPSA) is 78.5 Å². The minimum Gasteiger partial charge on any atom is -0.497 e. The quantitative estimate of drug-likeness (QED) is 0.696. The minimum absolute atomic E-state index is 0.115. The molecular weight excluding hydrogens is 404 g/mol. The van der Waals surface area contributed by atoms with Gasteiger partial charge in [0, 0.05) is 31.7 Å². The number of rotatable bonds is 4. The second-order valence-electron chi connectivity index (χ2n) is 6.96. The largest absolute Gasteiger partial charge is 0.497 e. The fourth-order valence-electron chi connectivity index (χ4n) is 3.43. The molecule has 0 atom stereocenters. The molecule has 2 aromatic carbocycles. The van der Waals surface area contributed by atoms with Gasteiger partial charge >= 0.3 is 0 Å². The number of hydrogen-bond donors (Lipinski definition) is 1. The Morgan fingerprint density at radius 1 is 0.967 bits per heavy atom. The predicted octanol–water partition coefficient (Wildman–Crippen LogP) is 3.34. The molecule has 1 aromatic heterocycles. The molecular formula is C22H21ClN4O3. The smallest absolute Gasteiger partial charge is 0.272 e. The summed E-state index contributed by atoms with van der Waals surface area (Å²) in [6.07, 6.45) is 0. The Morgan fingerprint density at radius 2 is 1.60 bits per heavy atom. The van der Waals surface area contributed by atoms with Crippen molar-refractivity contribution in [2.24, 2.45) is 0 Å². The van der Waals surface area contributed by atoms with Crippen LogP contribution in [-0.4, -0.2) is 65.1 Å². The van der Waals surface area contributed by atoms with E-state index in [-0.39, 0.29) is 11.8 Å². The number of piperazine rings is 1. The summed E-state index contributed by atoms with van der Waals surface area (Å²) >= 11 is 6.14. The van der Waals surface area contributed by atoms with Crippen LogP contribution in [0.5, 0.6) is 5.75 Å². The molecule has 30 heavy (non-hydrogen) atoms. The van der Waals surface area contributed by atoms with Gasteiger partial charge in [0.05, 0.1) is 23.4 Å². The first-order valence-electron chi connectivity index (χ1n) is 9.60. The lowest BCUT2D eigenvalue weighted by Gasteiger charge is -2.34. The highest BCUT2D eigenvalue weighted by Crippen LogP contribution is 2.22. The van der Waals surface area contributed by atoms with Crippen molar-refractivity contribution in [1.29, 1.82) is 0 Å². The molecule has 154 valence electrons. The fourth-order valence-corrected chi connectivity index (χ4v) is 3.65. The summed E-state index contributed by atoms with van der Waals surface area (Å²) in [5, 5.41) is 7.52. The monoisotopic (exact) mass is 424 g/mol. The zero-order chi connectivity index (χ0) is 21.1. The van der Waals surface area contributed by atoms with Crippen LogP contribution in [0.15, 0.2) is 54.6 Å². The maximum atomic E-state index is 12.9. The number of H-pyrrole nitrogens is 1. The highest BCUT2D eigenvalue weighted by Gasteiger charge is 2.27. The minimum atomic E-state index is -0.132. The number of ether oxygens (including phenoxy) is 1. The number of nitrogens with one attached hydrogen (secondary N) is 1. The lowest BCUT2D eigenvalue weighted by Crippen LogP contribution is -2.50. The number of methoxy groups -OCH3 is 1. The van der Waals surface area contributed by atoms with Crippen molar-refractivity contribution in [2.45, 2.75) is 0 Å². The van der Waals surface area contributed by atoms with Crippen molar-refractivity contribution in [3.8, 4) is 17.0 Å². The number of carbonyl (C=O) groups excluding carboxylic acids is 2. The van der Waals surface area contributed by atoms with Gasteiger partial charge < -0.3 is 14.5 Å². The summed E-state index contributed by atoms with van der Waals surface area (Å²) < 4.78 is 5.16. The van der Waals surface area contributed by atoms with Crippen molar-refractivity contribution in [2.75, 3.05) is 33.3 Å². The van der Waals surface area contributed by atoms with E-state index in [4.69, 9.17) is 16.3 Å². The van der Waals surface area contributed by atoms with Gasteiger partial charge in [-0.3, -0.25) is 14.7 Å². The number of hydrogen-bond acceptors (Lipinski definition) is 4. The average molecular weight is 425 g/mol. The molecule has 1 saturated heterocycles. The van der Waals surface area contributed by atoms with Crippen LogP contribution >= 0.6 is 11.6 Å². The van der Waals surface area contributed by atoms with Gasteiger partial charge in [0.15, 0.2) is 0 Å². The third-order valence-corrected chi connectivity index (χ3v) is 5.48. The van der Waals surface area contributed by atoms with E-state index in [1.807, 2.05) is 24.3 Å². The number of aromatic amines is 1. The number of carbonyl (C=O) groups is 2. The number of halogens is 1. The highest BCUT2D eigenvalue weighted by atomic mass is 35.5. The van der Waals surface area contributed by atoms with E-state index < -0.39 is 0 Å². The second-order valence-corrected chi connectivity index (χ2v) is 7.37. The van der Waals surface area contributed by atoms with Crippen molar-refractivity contribution in [3.05, 3.63) is 70.9 Å². The van der Waals surface area contributed by atoms with Gasteiger partial charge in [-0.15, -0.1) is 0 Å². The average Bonchev–Trinajstić information content (AvgIpc) is 3.29. The van der Waals surface area contributed by atoms with E-state index in [1.54, 1.807) is 47.2 Å². The summed E-state index contributed by atoms with van der Waals surface area (Å²) in [5.74, 6) is 0.512.